The third kappa shape index (κ3) is 5.79. The summed E-state index contributed by atoms with van der Waals surface area (Å²) in [5.41, 5.74) is 3.06. The number of carboxylic acid groups (broad SMARTS) is 1. The third-order valence-electron chi connectivity index (χ3n) is 6.01. The van der Waals surface area contributed by atoms with Gasteiger partial charge in [-0.2, -0.15) is 0 Å². The maximum atomic E-state index is 12.7. The number of carboxylic acids is 1. The number of thiophene rings is 2. The first kappa shape index (κ1) is 26.4. The maximum Gasteiger partial charge on any atom is 0.413 e. The number of rotatable bonds is 9. The molecule has 0 aliphatic rings. The van der Waals surface area contributed by atoms with Gasteiger partial charge in [0.25, 0.3) is 0 Å². The van der Waals surface area contributed by atoms with Gasteiger partial charge in [-0.05, 0) is 49.2 Å². The number of carbonyl (C=O) groups is 2. The number of benzene rings is 2. The zero-order chi connectivity index (χ0) is 27.5. The van der Waals surface area contributed by atoms with E-state index in [1.54, 1.807) is 35.8 Å². The minimum absolute atomic E-state index is 0.0591. The summed E-state index contributed by atoms with van der Waals surface area (Å²) in [4.78, 5) is 25.7. The van der Waals surface area contributed by atoms with Gasteiger partial charge >= 0.3 is 12.1 Å². The highest BCUT2D eigenvalue weighted by Crippen LogP contribution is 2.44. The van der Waals surface area contributed by atoms with Crippen LogP contribution >= 0.6 is 22.7 Å². The highest BCUT2D eigenvalue weighted by molar-refractivity contribution is 7.31. The molecule has 5 aromatic rings. The first-order valence-electron chi connectivity index (χ1n) is 12.3. The summed E-state index contributed by atoms with van der Waals surface area (Å²) in [6, 6.07) is 19.2. The summed E-state index contributed by atoms with van der Waals surface area (Å²) in [5.74, 6) is 0.224. The van der Waals surface area contributed by atoms with Gasteiger partial charge in [-0.1, -0.05) is 41.6 Å². The smallest absolute Gasteiger partial charge is 0.413 e. The first-order valence-corrected chi connectivity index (χ1v) is 13.9. The Morgan fingerprint density at radius 2 is 1.77 bits per heavy atom. The van der Waals surface area contributed by atoms with Crippen molar-refractivity contribution in [3.8, 4) is 26.8 Å². The number of nitrogens with zero attached hydrogens (tertiary/aromatic N) is 3. The van der Waals surface area contributed by atoms with Crippen molar-refractivity contribution < 1.29 is 24.2 Å². The van der Waals surface area contributed by atoms with Gasteiger partial charge in [0.1, 0.15) is 17.5 Å². The molecule has 0 saturated heterocycles. The van der Waals surface area contributed by atoms with Crippen molar-refractivity contribution in [3.63, 3.8) is 0 Å². The van der Waals surface area contributed by atoms with Crippen LogP contribution in [-0.4, -0.2) is 38.8 Å². The maximum absolute atomic E-state index is 12.7. The van der Waals surface area contributed by atoms with E-state index in [9.17, 15) is 9.59 Å². The van der Waals surface area contributed by atoms with E-state index in [2.05, 4.69) is 21.7 Å². The molecular formula is C28H26N4O5S2. The fourth-order valence-electron chi connectivity index (χ4n) is 4.16. The molecule has 0 saturated carbocycles. The van der Waals surface area contributed by atoms with Crippen LogP contribution in [-0.2, 0) is 23.0 Å². The van der Waals surface area contributed by atoms with E-state index in [0.29, 0.717) is 29.4 Å². The zero-order valence-electron chi connectivity index (χ0n) is 21.5. The Labute approximate surface area is 232 Å². The van der Waals surface area contributed by atoms with Crippen molar-refractivity contribution >= 4 is 50.0 Å². The molecule has 1 amide bonds. The third-order valence-corrected chi connectivity index (χ3v) is 8.34. The fraction of sp³-hybridized carbons (Fsp3) is 0.214. The monoisotopic (exact) mass is 562 g/mol. The molecule has 0 aliphatic carbocycles. The average Bonchev–Trinajstić information content (AvgIpc) is 3.58. The van der Waals surface area contributed by atoms with Crippen LogP contribution in [0.1, 0.15) is 31.1 Å². The number of nitrogens with one attached hydrogen (secondary N) is 1. The Hall–Kier alpha value is -4.22. The number of anilines is 1. The van der Waals surface area contributed by atoms with Crippen molar-refractivity contribution in [1.29, 1.82) is 0 Å². The summed E-state index contributed by atoms with van der Waals surface area (Å²) in [6.45, 7) is 4.19. The molecule has 0 aliphatic heterocycles. The van der Waals surface area contributed by atoms with Gasteiger partial charge in [0.2, 0.25) is 0 Å². The topological polar surface area (TPSA) is 116 Å². The van der Waals surface area contributed by atoms with Crippen LogP contribution in [0.5, 0.6) is 5.75 Å². The van der Waals surface area contributed by atoms with Crippen LogP contribution in [0, 0.1) is 0 Å². The summed E-state index contributed by atoms with van der Waals surface area (Å²) in [7, 11) is 1.71. The van der Waals surface area contributed by atoms with Crippen LogP contribution < -0.4 is 10.1 Å². The van der Waals surface area contributed by atoms with Gasteiger partial charge in [-0.3, -0.25) is 10.1 Å². The van der Waals surface area contributed by atoms with E-state index in [0.717, 1.165) is 30.3 Å². The lowest BCUT2D eigenvalue weighted by atomic mass is 10.1. The second-order valence-corrected chi connectivity index (χ2v) is 10.9. The molecular weight excluding hydrogens is 536 g/mol. The van der Waals surface area contributed by atoms with Gasteiger partial charge in [-0.15, -0.1) is 27.8 Å². The lowest BCUT2D eigenvalue weighted by Crippen LogP contribution is -2.18. The molecule has 3 aromatic heterocycles. The minimum atomic E-state index is -0.883. The van der Waals surface area contributed by atoms with E-state index in [1.807, 2.05) is 62.4 Å². The quantitative estimate of drug-likeness (QED) is 0.204. The van der Waals surface area contributed by atoms with Gasteiger partial charge in [0.05, 0.1) is 17.9 Å². The molecule has 2 aromatic carbocycles. The highest BCUT2D eigenvalue weighted by atomic mass is 32.1. The second kappa shape index (κ2) is 11.3. The highest BCUT2D eigenvalue weighted by Gasteiger charge is 2.21. The Morgan fingerprint density at radius 1 is 1.05 bits per heavy atom. The number of aryl methyl sites for hydroxylation is 1. The van der Waals surface area contributed by atoms with Crippen LogP contribution in [0.2, 0.25) is 0 Å². The Morgan fingerprint density at radius 3 is 2.49 bits per heavy atom. The molecule has 5 rings (SSSR count). The normalized spacial score (nSPS) is 11.9. The fourth-order valence-corrected chi connectivity index (χ4v) is 6.57. The van der Waals surface area contributed by atoms with Crippen molar-refractivity contribution in [1.82, 2.24) is 15.0 Å². The van der Waals surface area contributed by atoms with E-state index in [4.69, 9.17) is 14.6 Å². The number of carbonyl (C=O) groups excluding carboxylic acids is 1. The first-order chi connectivity index (χ1) is 18.8. The Bertz CT molecular complexity index is 1610. The summed E-state index contributed by atoms with van der Waals surface area (Å²) in [5, 5.41) is 20.3. The molecule has 1 atom stereocenters. The van der Waals surface area contributed by atoms with Crippen molar-refractivity contribution in [2.45, 2.75) is 26.4 Å². The molecule has 9 nitrogen and oxygen atoms in total. The summed E-state index contributed by atoms with van der Waals surface area (Å²) in [6.07, 6.45) is -1.06. The Kier molecular flexibility index (Phi) is 7.62. The van der Waals surface area contributed by atoms with E-state index >= 15 is 0 Å². The molecule has 0 bridgehead atoms. The molecule has 0 radical (unpaired) electrons. The molecule has 0 unspecified atom stereocenters. The number of aromatic nitrogens is 3. The molecule has 200 valence electrons. The van der Waals surface area contributed by atoms with Crippen LogP contribution in [0.25, 0.3) is 30.4 Å². The number of hydrogen-bond donors (Lipinski definition) is 2. The van der Waals surface area contributed by atoms with E-state index in [-0.39, 0.29) is 6.42 Å². The largest absolute Gasteiger partial charge is 0.493 e. The molecule has 2 N–H and O–H groups in total. The number of fused-ring (bicyclic) bond motifs is 1. The average molecular weight is 563 g/mol. The molecule has 0 fully saturated rings. The van der Waals surface area contributed by atoms with Crippen LogP contribution in [0.4, 0.5) is 10.6 Å². The summed E-state index contributed by atoms with van der Waals surface area (Å²) < 4.78 is 15.0. The van der Waals surface area contributed by atoms with E-state index in [1.165, 1.54) is 4.68 Å². The van der Waals surface area contributed by atoms with E-state index < -0.39 is 18.2 Å². The van der Waals surface area contributed by atoms with Crippen molar-refractivity contribution in [2.75, 3.05) is 11.9 Å². The molecule has 11 heteroatoms. The predicted molar refractivity (Wildman–Crippen MR) is 153 cm³/mol. The van der Waals surface area contributed by atoms with Crippen LogP contribution in [0.3, 0.4) is 0 Å². The lowest BCUT2D eigenvalue weighted by molar-refractivity contribution is -0.136. The van der Waals surface area contributed by atoms with Gasteiger partial charge < -0.3 is 14.6 Å². The van der Waals surface area contributed by atoms with Crippen molar-refractivity contribution in [3.05, 3.63) is 71.8 Å². The summed E-state index contributed by atoms with van der Waals surface area (Å²) >= 11 is 3.15. The molecule has 39 heavy (non-hydrogen) atoms. The number of aliphatic carboxylic acids is 1. The standard InChI is InChI=1S/C28H26N4O5S2/c1-4-36-20-12-17(13-25(33)34)10-11-19(20)21-14-22-23(38-21)15-24(39-22)26-27(32(3)31-30-26)29-28(35)37-16(2)18-8-6-5-7-9-18/h5-12,14-16H,4,13H2,1-3H3,(H,29,35)(H,33,34)/t16-/m1/s1. The molecule has 3 heterocycles. The number of hydrogen-bond acceptors (Lipinski definition) is 8. The van der Waals surface area contributed by atoms with Gasteiger partial charge in [0, 0.05) is 26.9 Å². The zero-order valence-corrected chi connectivity index (χ0v) is 23.1. The second-order valence-electron chi connectivity index (χ2n) is 8.78. The van der Waals surface area contributed by atoms with Crippen LogP contribution in [0.15, 0.2) is 60.7 Å². The number of ether oxygens (including phenoxy) is 2. The molecule has 0 spiro atoms. The minimum Gasteiger partial charge on any atom is -0.493 e. The predicted octanol–water partition coefficient (Wildman–Crippen LogP) is 6.76. The number of amides is 1. The van der Waals surface area contributed by atoms with Gasteiger partial charge in [-0.25, -0.2) is 9.48 Å². The van der Waals surface area contributed by atoms with Gasteiger partial charge in [0.15, 0.2) is 5.82 Å². The SMILES string of the molecule is CCOc1cc(CC(=O)O)ccc1-c1cc2sc(-c3nnn(C)c3NC(=O)O[C@H](C)c3ccccc3)cc2s1. The Balaban J connectivity index is 1.38. The lowest BCUT2D eigenvalue weighted by Gasteiger charge is -2.14. The van der Waals surface area contributed by atoms with Crippen molar-refractivity contribution in [2.24, 2.45) is 7.05 Å².